The molecule has 7 heteroatoms. The molecule has 0 saturated carbocycles. The summed E-state index contributed by atoms with van der Waals surface area (Å²) in [6, 6.07) is 2.12. The third kappa shape index (κ3) is 4.77. The Balaban J connectivity index is 2.79. The van der Waals surface area contributed by atoms with Crippen molar-refractivity contribution in [2.45, 2.75) is 31.7 Å². The molecule has 0 aromatic carbocycles. The number of alkyl halides is 3. The highest BCUT2D eigenvalue weighted by Gasteiger charge is 2.32. The molecular formula is C13H15ClF3NO2. The standard InChI is InChI=1S/C13H15ClF3NO2/c1-8(19)10(20-2)5-3-4-9-6-7-11(13(15,16)17)18-12(9)14/h3-4,6-8,10,19H,5H2,1-2H3/b4-3+/t8-,10+/m1/s1. The second-order valence-electron chi connectivity index (χ2n) is 4.23. The minimum Gasteiger partial charge on any atom is -0.391 e. The molecule has 112 valence electrons. The average molecular weight is 310 g/mol. The Kier molecular flexibility index (Phi) is 5.98. The van der Waals surface area contributed by atoms with E-state index in [1.54, 1.807) is 19.1 Å². The Bertz CT molecular complexity index is 475. The molecule has 0 radical (unpaired) electrons. The van der Waals surface area contributed by atoms with Crippen LogP contribution in [0.25, 0.3) is 6.08 Å². The number of hydrogen-bond acceptors (Lipinski definition) is 3. The summed E-state index contributed by atoms with van der Waals surface area (Å²) in [6.07, 6.45) is -1.93. The van der Waals surface area contributed by atoms with E-state index in [-0.39, 0.29) is 11.3 Å². The van der Waals surface area contributed by atoms with E-state index in [2.05, 4.69) is 4.98 Å². The highest BCUT2D eigenvalue weighted by atomic mass is 35.5. The molecule has 1 rings (SSSR count). The summed E-state index contributed by atoms with van der Waals surface area (Å²) in [5, 5.41) is 9.15. The van der Waals surface area contributed by atoms with Crippen molar-refractivity contribution in [3.8, 4) is 0 Å². The smallest absolute Gasteiger partial charge is 0.391 e. The summed E-state index contributed by atoms with van der Waals surface area (Å²) in [5.41, 5.74) is -0.654. The van der Waals surface area contributed by atoms with Gasteiger partial charge in [-0.05, 0) is 25.5 Å². The number of nitrogens with zero attached hydrogens (tertiary/aromatic N) is 1. The van der Waals surface area contributed by atoms with E-state index in [0.29, 0.717) is 12.0 Å². The Labute approximate surface area is 120 Å². The van der Waals surface area contributed by atoms with Crippen molar-refractivity contribution in [1.29, 1.82) is 0 Å². The van der Waals surface area contributed by atoms with Crippen LogP contribution in [0, 0.1) is 0 Å². The Morgan fingerprint density at radius 1 is 1.45 bits per heavy atom. The zero-order valence-corrected chi connectivity index (χ0v) is 11.7. The summed E-state index contributed by atoms with van der Waals surface area (Å²) in [6.45, 7) is 1.59. The molecule has 2 atom stereocenters. The van der Waals surface area contributed by atoms with Crippen LogP contribution in [0.2, 0.25) is 5.15 Å². The zero-order chi connectivity index (χ0) is 15.3. The summed E-state index contributed by atoms with van der Waals surface area (Å²) >= 11 is 5.70. The van der Waals surface area contributed by atoms with E-state index in [1.165, 1.54) is 13.2 Å². The van der Waals surface area contributed by atoms with Gasteiger partial charge in [0.05, 0.1) is 12.2 Å². The zero-order valence-electron chi connectivity index (χ0n) is 11.0. The van der Waals surface area contributed by atoms with Crippen molar-refractivity contribution >= 4 is 17.7 Å². The first-order valence-electron chi connectivity index (χ1n) is 5.87. The Morgan fingerprint density at radius 3 is 2.55 bits per heavy atom. The van der Waals surface area contributed by atoms with Gasteiger partial charge < -0.3 is 9.84 Å². The van der Waals surface area contributed by atoms with Gasteiger partial charge in [-0.25, -0.2) is 4.98 Å². The fourth-order valence-corrected chi connectivity index (χ4v) is 1.76. The number of halogens is 4. The Hall–Kier alpha value is -1.11. The maximum atomic E-state index is 12.4. The maximum absolute atomic E-state index is 12.4. The topological polar surface area (TPSA) is 42.4 Å². The molecule has 0 saturated heterocycles. The first kappa shape index (κ1) is 16.9. The highest BCUT2D eigenvalue weighted by Crippen LogP contribution is 2.29. The van der Waals surface area contributed by atoms with Gasteiger partial charge in [0.25, 0.3) is 0 Å². The van der Waals surface area contributed by atoms with Gasteiger partial charge in [-0.3, -0.25) is 0 Å². The quantitative estimate of drug-likeness (QED) is 0.846. The molecule has 1 heterocycles. The fourth-order valence-electron chi connectivity index (χ4n) is 1.55. The van der Waals surface area contributed by atoms with E-state index >= 15 is 0 Å². The number of ether oxygens (including phenoxy) is 1. The summed E-state index contributed by atoms with van der Waals surface area (Å²) < 4.78 is 42.3. The van der Waals surface area contributed by atoms with Crippen LogP contribution in [-0.2, 0) is 10.9 Å². The molecular weight excluding hydrogens is 295 g/mol. The lowest BCUT2D eigenvalue weighted by atomic mass is 10.1. The molecule has 0 aliphatic rings. The number of aliphatic hydroxyl groups is 1. The Morgan fingerprint density at radius 2 is 2.10 bits per heavy atom. The minimum atomic E-state index is -4.51. The largest absolute Gasteiger partial charge is 0.433 e. The highest BCUT2D eigenvalue weighted by molar-refractivity contribution is 6.30. The number of methoxy groups -OCH3 is 1. The fraction of sp³-hybridized carbons (Fsp3) is 0.462. The second kappa shape index (κ2) is 7.06. The van der Waals surface area contributed by atoms with Crippen molar-refractivity contribution in [2.75, 3.05) is 7.11 Å². The van der Waals surface area contributed by atoms with Crippen LogP contribution in [0.15, 0.2) is 18.2 Å². The van der Waals surface area contributed by atoms with Crippen LogP contribution in [0.4, 0.5) is 13.2 Å². The van der Waals surface area contributed by atoms with Crippen molar-refractivity contribution < 1.29 is 23.0 Å². The first-order chi connectivity index (χ1) is 9.25. The molecule has 0 spiro atoms. The van der Waals surface area contributed by atoms with Gasteiger partial charge >= 0.3 is 6.18 Å². The van der Waals surface area contributed by atoms with E-state index in [0.717, 1.165) is 6.07 Å². The van der Waals surface area contributed by atoms with E-state index in [1.807, 2.05) is 0 Å². The number of aliphatic hydroxyl groups excluding tert-OH is 1. The van der Waals surface area contributed by atoms with Gasteiger partial charge in [-0.2, -0.15) is 13.2 Å². The average Bonchev–Trinajstić information content (AvgIpc) is 2.34. The lowest BCUT2D eigenvalue weighted by Gasteiger charge is -2.15. The lowest BCUT2D eigenvalue weighted by Crippen LogP contribution is -2.24. The van der Waals surface area contributed by atoms with Gasteiger partial charge in [0.2, 0.25) is 0 Å². The molecule has 1 aromatic heterocycles. The van der Waals surface area contributed by atoms with Gasteiger partial charge in [0.15, 0.2) is 0 Å². The number of aromatic nitrogens is 1. The molecule has 0 unspecified atom stereocenters. The number of hydrogen-bond donors (Lipinski definition) is 1. The van der Waals surface area contributed by atoms with Crippen LogP contribution in [0.3, 0.4) is 0 Å². The van der Waals surface area contributed by atoms with Crippen molar-refractivity contribution in [3.05, 3.63) is 34.6 Å². The van der Waals surface area contributed by atoms with Gasteiger partial charge in [-0.15, -0.1) is 0 Å². The van der Waals surface area contributed by atoms with Gasteiger partial charge in [0.1, 0.15) is 10.8 Å². The second-order valence-corrected chi connectivity index (χ2v) is 4.59. The number of rotatable bonds is 5. The monoisotopic (exact) mass is 309 g/mol. The predicted octanol–water partition coefficient (Wildman–Crippen LogP) is 3.55. The molecule has 1 N–H and O–H groups in total. The van der Waals surface area contributed by atoms with Crippen molar-refractivity contribution in [1.82, 2.24) is 4.98 Å². The minimum absolute atomic E-state index is 0.220. The summed E-state index contributed by atoms with van der Waals surface area (Å²) in [4.78, 5) is 3.31. The van der Waals surface area contributed by atoms with Crippen molar-refractivity contribution in [2.24, 2.45) is 0 Å². The molecule has 0 bridgehead atoms. The maximum Gasteiger partial charge on any atom is 0.433 e. The summed E-state index contributed by atoms with van der Waals surface area (Å²) in [7, 11) is 1.47. The van der Waals surface area contributed by atoms with Gasteiger partial charge in [-0.1, -0.05) is 23.8 Å². The third-order valence-electron chi connectivity index (χ3n) is 2.67. The van der Waals surface area contributed by atoms with Crippen molar-refractivity contribution in [3.63, 3.8) is 0 Å². The summed E-state index contributed by atoms with van der Waals surface area (Å²) in [5.74, 6) is 0. The van der Waals surface area contributed by atoms with Crippen LogP contribution in [-0.4, -0.2) is 29.4 Å². The SMILES string of the molecule is CO[C@@H](C/C=C/c1ccc(C(F)(F)F)nc1Cl)[C@@H](C)O. The molecule has 0 fully saturated rings. The predicted molar refractivity (Wildman–Crippen MR) is 70.4 cm³/mol. The molecule has 0 aliphatic heterocycles. The van der Waals surface area contributed by atoms with Crippen LogP contribution in [0.1, 0.15) is 24.6 Å². The first-order valence-corrected chi connectivity index (χ1v) is 6.24. The molecule has 0 aliphatic carbocycles. The molecule has 1 aromatic rings. The van der Waals surface area contributed by atoms with Gasteiger partial charge in [0, 0.05) is 12.7 Å². The van der Waals surface area contributed by atoms with Crippen LogP contribution >= 0.6 is 11.6 Å². The van der Waals surface area contributed by atoms with E-state index < -0.39 is 18.0 Å². The molecule has 3 nitrogen and oxygen atoms in total. The third-order valence-corrected chi connectivity index (χ3v) is 2.98. The van der Waals surface area contributed by atoms with Crippen LogP contribution in [0.5, 0.6) is 0 Å². The number of pyridine rings is 1. The lowest BCUT2D eigenvalue weighted by molar-refractivity contribution is -0.141. The van der Waals surface area contributed by atoms with E-state index in [4.69, 9.17) is 16.3 Å². The normalized spacial score (nSPS) is 15.6. The molecule has 20 heavy (non-hydrogen) atoms. The molecule has 0 amide bonds. The van der Waals surface area contributed by atoms with Crippen LogP contribution < -0.4 is 0 Å². The van der Waals surface area contributed by atoms with E-state index in [9.17, 15) is 18.3 Å².